The molecule has 1 aliphatic carbocycles. The zero-order valence-electron chi connectivity index (χ0n) is 6.73. The van der Waals surface area contributed by atoms with E-state index in [9.17, 15) is 9.59 Å². The Morgan fingerprint density at radius 2 is 2.08 bits per heavy atom. The molecule has 1 unspecified atom stereocenters. The van der Waals surface area contributed by atoms with Crippen molar-refractivity contribution >= 4 is 11.9 Å². The maximum Gasteiger partial charge on any atom is 0.335 e. The van der Waals surface area contributed by atoms with Gasteiger partial charge in [-0.2, -0.15) is 0 Å². The van der Waals surface area contributed by atoms with Crippen LogP contribution in [0.1, 0.15) is 6.42 Å². The van der Waals surface area contributed by atoms with Gasteiger partial charge < -0.3 is 15.9 Å². The van der Waals surface area contributed by atoms with Crippen molar-refractivity contribution < 1.29 is 19.8 Å². The second kappa shape index (κ2) is 3.30. The molecule has 0 amide bonds. The number of carbonyl (C=O) groups is 2. The molecular formula is C8H9NO4. The zero-order chi connectivity index (χ0) is 10.0. The lowest BCUT2D eigenvalue weighted by Gasteiger charge is -2.13. The molecule has 0 aliphatic heterocycles. The summed E-state index contributed by atoms with van der Waals surface area (Å²) in [7, 11) is 0. The third-order valence-corrected chi connectivity index (χ3v) is 1.74. The van der Waals surface area contributed by atoms with Crippen LogP contribution in [0.15, 0.2) is 23.4 Å². The molecule has 13 heavy (non-hydrogen) atoms. The van der Waals surface area contributed by atoms with Gasteiger partial charge in [0.1, 0.15) is 0 Å². The van der Waals surface area contributed by atoms with E-state index in [4.69, 9.17) is 15.9 Å². The minimum absolute atomic E-state index is 0.0591. The van der Waals surface area contributed by atoms with Crippen molar-refractivity contribution in [3.05, 3.63) is 23.4 Å². The average Bonchev–Trinajstić information content (AvgIpc) is 2.03. The van der Waals surface area contributed by atoms with Crippen LogP contribution in [-0.4, -0.2) is 22.2 Å². The highest BCUT2D eigenvalue weighted by atomic mass is 16.4. The largest absolute Gasteiger partial charge is 0.481 e. The minimum atomic E-state index is -1.16. The average molecular weight is 183 g/mol. The van der Waals surface area contributed by atoms with Gasteiger partial charge in [0.05, 0.1) is 11.5 Å². The van der Waals surface area contributed by atoms with Crippen LogP contribution in [0.5, 0.6) is 0 Å². The van der Waals surface area contributed by atoms with Crippen molar-refractivity contribution in [2.24, 2.45) is 11.7 Å². The Labute approximate surface area is 74.2 Å². The molecule has 0 bridgehead atoms. The molecular weight excluding hydrogens is 174 g/mol. The van der Waals surface area contributed by atoms with E-state index in [-0.39, 0.29) is 17.7 Å². The van der Waals surface area contributed by atoms with E-state index in [1.54, 1.807) is 0 Å². The zero-order valence-corrected chi connectivity index (χ0v) is 6.73. The summed E-state index contributed by atoms with van der Waals surface area (Å²) in [4.78, 5) is 21.1. The quantitative estimate of drug-likeness (QED) is 0.557. The fourth-order valence-electron chi connectivity index (χ4n) is 1.13. The first kappa shape index (κ1) is 9.31. The molecule has 1 atom stereocenters. The SMILES string of the molecule is NC1=CC(C(=O)O)=CC(C(=O)O)C1. The van der Waals surface area contributed by atoms with Gasteiger partial charge in [-0.05, 0) is 6.08 Å². The van der Waals surface area contributed by atoms with Gasteiger partial charge in [-0.1, -0.05) is 6.08 Å². The minimum Gasteiger partial charge on any atom is -0.481 e. The fraction of sp³-hybridized carbons (Fsp3) is 0.250. The summed E-state index contributed by atoms with van der Waals surface area (Å²) in [6.45, 7) is 0. The molecule has 0 radical (unpaired) electrons. The number of nitrogens with two attached hydrogens (primary N) is 1. The van der Waals surface area contributed by atoms with Gasteiger partial charge in [0.25, 0.3) is 0 Å². The third kappa shape index (κ3) is 2.08. The van der Waals surface area contributed by atoms with Crippen molar-refractivity contribution in [1.82, 2.24) is 0 Å². The van der Waals surface area contributed by atoms with Crippen LogP contribution in [0.4, 0.5) is 0 Å². The van der Waals surface area contributed by atoms with Crippen molar-refractivity contribution in [2.45, 2.75) is 6.42 Å². The normalized spacial score (nSPS) is 21.7. The number of carboxylic acid groups (broad SMARTS) is 2. The maximum absolute atomic E-state index is 10.5. The first-order valence-electron chi connectivity index (χ1n) is 3.64. The molecule has 0 spiro atoms. The van der Waals surface area contributed by atoms with Crippen molar-refractivity contribution in [3.8, 4) is 0 Å². The lowest BCUT2D eigenvalue weighted by Crippen LogP contribution is -2.20. The summed E-state index contributed by atoms with van der Waals surface area (Å²) in [6.07, 6.45) is 2.65. The van der Waals surface area contributed by atoms with Crippen LogP contribution in [-0.2, 0) is 9.59 Å². The van der Waals surface area contributed by atoms with E-state index in [2.05, 4.69) is 0 Å². The summed E-state index contributed by atoms with van der Waals surface area (Å²) in [5.74, 6) is -3.04. The number of aliphatic carboxylic acids is 2. The molecule has 0 aromatic heterocycles. The van der Waals surface area contributed by atoms with Crippen LogP contribution in [0, 0.1) is 5.92 Å². The fourth-order valence-corrected chi connectivity index (χ4v) is 1.13. The van der Waals surface area contributed by atoms with Crippen LogP contribution in [0.2, 0.25) is 0 Å². The molecule has 0 heterocycles. The molecule has 70 valence electrons. The lowest BCUT2D eigenvalue weighted by molar-refractivity contribution is -0.140. The third-order valence-electron chi connectivity index (χ3n) is 1.74. The molecule has 5 heteroatoms. The summed E-state index contributed by atoms with van der Waals surface area (Å²) >= 11 is 0. The molecule has 0 aromatic rings. The predicted molar refractivity (Wildman–Crippen MR) is 43.7 cm³/mol. The first-order chi connectivity index (χ1) is 6.00. The second-order valence-electron chi connectivity index (χ2n) is 2.80. The number of hydrogen-bond acceptors (Lipinski definition) is 3. The van der Waals surface area contributed by atoms with Gasteiger partial charge in [0.2, 0.25) is 0 Å². The Kier molecular flexibility index (Phi) is 2.36. The van der Waals surface area contributed by atoms with E-state index < -0.39 is 17.9 Å². The van der Waals surface area contributed by atoms with Gasteiger partial charge in [-0.15, -0.1) is 0 Å². The van der Waals surface area contributed by atoms with Gasteiger partial charge in [0.15, 0.2) is 0 Å². The summed E-state index contributed by atoms with van der Waals surface area (Å²) in [5, 5.41) is 17.2. The number of rotatable bonds is 2. The molecule has 0 fully saturated rings. The Balaban J connectivity index is 2.94. The second-order valence-corrected chi connectivity index (χ2v) is 2.80. The summed E-state index contributed by atoms with van der Waals surface area (Å²) in [6, 6.07) is 0. The Hall–Kier alpha value is -1.78. The van der Waals surface area contributed by atoms with Gasteiger partial charge in [0, 0.05) is 12.1 Å². The maximum atomic E-state index is 10.5. The van der Waals surface area contributed by atoms with E-state index in [0.717, 1.165) is 0 Å². The van der Waals surface area contributed by atoms with Crippen molar-refractivity contribution in [3.63, 3.8) is 0 Å². The van der Waals surface area contributed by atoms with Crippen molar-refractivity contribution in [2.75, 3.05) is 0 Å². The van der Waals surface area contributed by atoms with Gasteiger partial charge in [-0.3, -0.25) is 4.79 Å². The van der Waals surface area contributed by atoms with Gasteiger partial charge >= 0.3 is 11.9 Å². The van der Waals surface area contributed by atoms with Crippen LogP contribution < -0.4 is 5.73 Å². The van der Waals surface area contributed by atoms with E-state index in [1.807, 2.05) is 0 Å². The lowest BCUT2D eigenvalue weighted by atomic mass is 9.94. The van der Waals surface area contributed by atoms with Gasteiger partial charge in [-0.25, -0.2) is 4.79 Å². The molecule has 4 N–H and O–H groups in total. The highest BCUT2D eigenvalue weighted by Crippen LogP contribution is 2.20. The number of allylic oxidation sites excluding steroid dienone is 1. The standard InChI is InChI=1S/C8H9NO4/c9-6-2-4(7(10)11)1-5(3-6)8(12)13/h1-2,5H,3,9H2,(H,10,11)(H,12,13). The number of carboxylic acids is 2. The van der Waals surface area contributed by atoms with Crippen LogP contribution in [0.3, 0.4) is 0 Å². The molecule has 0 saturated heterocycles. The van der Waals surface area contributed by atoms with Crippen molar-refractivity contribution in [1.29, 1.82) is 0 Å². The molecule has 1 aliphatic rings. The highest BCUT2D eigenvalue weighted by Gasteiger charge is 2.22. The summed E-state index contributed by atoms with van der Waals surface area (Å²) < 4.78 is 0. The molecule has 1 rings (SSSR count). The topological polar surface area (TPSA) is 101 Å². The Bertz CT molecular complexity index is 316. The first-order valence-corrected chi connectivity index (χ1v) is 3.64. The Morgan fingerprint density at radius 3 is 2.54 bits per heavy atom. The van der Waals surface area contributed by atoms with Crippen LogP contribution in [0.25, 0.3) is 0 Å². The monoisotopic (exact) mass is 183 g/mol. The molecule has 5 nitrogen and oxygen atoms in total. The molecule has 0 aromatic carbocycles. The van der Waals surface area contributed by atoms with E-state index >= 15 is 0 Å². The molecule has 0 saturated carbocycles. The highest BCUT2D eigenvalue weighted by molar-refractivity contribution is 5.91. The van der Waals surface area contributed by atoms with E-state index in [0.29, 0.717) is 0 Å². The smallest absolute Gasteiger partial charge is 0.335 e. The predicted octanol–water partition coefficient (Wildman–Crippen LogP) is -0.0555. The van der Waals surface area contributed by atoms with E-state index in [1.165, 1.54) is 12.2 Å². The number of hydrogen-bond donors (Lipinski definition) is 3. The summed E-state index contributed by atoms with van der Waals surface area (Å²) in [5.41, 5.74) is 5.61. The van der Waals surface area contributed by atoms with Crippen LogP contribution >= 0.6 is 0 Å². The Morgan fingerprint density at radius 1 is 1.46 bits per heavy atom.